The lowest BCUT2D eigenvalue weighted by Gasteiger charge is -2.03. The van der Waals surface area contributed by atoms with Crippen LogP contribution in [0.15, 0.2) is 47.4 Å². The summed E-state index contributed by atoms with van der Waals surface area (Å²) in [6.07, 6.45) is 1.13. The van der Waals surface area contributed by atoms with Crippen molar-refractivity contribution in [2.75, 3.05) is 11.6 Å². The van der Waals surface area contributed by atoms with Gasteiger partial charge < -0.3 is 0 Å². The molecule has 5 nitrogen and oxygen atoms in total. The van der Waals surface area contributed by atoms with E-state index in [9.17, 15) is 13.2 Å². The molecule has 3 aromatic rings. The molecule has 0 aliphatic carbocycles. The van der Waals surface area contributed by atoms with Crippen LogP contribution in [0.3, 0.4) is 0 Å². The van der Waals surface area contributed by atoms with Crippen LogP contribution in [0.25, 0.3) is 10.2 Å². The van der Waals surface area contributed by atoms with Gasteiger partial charge in [0.1, 0.15) is 0 Å². The van der Waals surface area contributed by atoms with E-state index in [1.807, 2.05) is 25.1 Å². The Balaban J connectivity index is 1.82. The molecule has 0 bridgehead atoms. The van der Waals surface area contributed by atoms with E-state index in [4.69, 9.17) is 0 Å². The zero-order valence-electron chi connectivity index (χ0n) is 12.5. The summed E-state index contributed by atoms with van der Waals surface area (Å²) in [5, 5.41) is 3.26. The van der Waals surface area contributed by atoms with Crippen molar-refractivity contribution in [2.24, 2.45) is 0 Å². The topological polar surface area (TPSA) is 76.1 Å². The largest absolute Gasteiger partial charge is 0.298 e. The van der Waals surface area contributed by atoms with Crippen LogP contribution in [0.4, 0.5) is 5.13 Å². The Kier molecular flexibility index (Phi) is 3.91. The third kappa shape index (κ3) is 3.40. The molecule has 0 radical (unpaired) electrons. The lowest BCUT2D eigenvalue weighted by molar-refractivity contribution is 0.102. The molecule has 0 spiro atoms. The maximum absolute atomic E-state index is 12.2. The lowest BCUT2D eigenvalue weighted by Crippen LogP contribution is -2.11. The molecule has 0 saturated carbocycles. The van der Waals surface area contributed by atoms with Crippen molar-refractivity contribution in [3.63, 3.8) is 0 Å². The van der Waals surface area contributed by atoms with Crippen LogP contribution in [0, 0.1) is 6.92 Å². The van der Waals surface area contributed by atoms with E-state index in [1.165, 1.54) is 35.6 Å². The van der Waals surface area contributed by atoms with Gasteiger partial charge in [0.05, 0.1) is 15.1 Å². The number of rotatable bonds is 3. The minimum absolute atomic E-state index is 0.185. The highest BCUT2D eigenvalue weighted by Crippen LogP contribution is 2.27. The van der Waals surface area contributed by atoms with E-state index in [0.717, 1.165) is 22.0 Å². The Labute approximate surface area is 137 Å². The van der Waals surface area contributed by atoms with Gasteiger partial charge in [-0.15, -0.1) is 0 Å². The second-order valence-corrected chi connectivity index (χ2v) is 8.29. The molecule has 1 N–H and O–H groups in total. The minimum Gasteiger partial charge on any atom is -0.298 e. The predicted molar refractivity (Wildman–Crippen MR) is 91.9 cm³/mol. The van der Waals surface area contributed by atoms with Gasteiger partial charge >= 0.3 is 0 Å². The van der Waals surface area contributed by atoms with Gasteiger partial charge in [-0.05, 0) is 48.9 Å². The first-order valence-corrected chi connectivity index (χ1v) is 9.52. The van der Waals surface area contributed by atoms with Gasteiger partial charge in [-0.25, -0.2) is 13.4 Å². The summed E-state index contributed by atoms with van der Waals surface area (Å²) in [7, 11) is -3.27. The average molecular weight is 346 g/mol. The SMILES string of the molecule is Cc1ccc2nc(NC(=O)c3ccc(S(C)(=O)=O)cc3)sc2c1. The number of hydrogen-bond acceptors (Lipinski definition) is 5. The summed E-state index contributed by atoms with van der Waals surface area (Å²) in [5.74, 6) is -0.319. The fraction of sp³-hybridized carbons (Fsp3) is 0.125. The maximum atomic E-state index is 12.2. The molecular weight excluding hydrogens is 332 g/mol. The first-order valence-electron chi connectivity index (χ1n) is 6.81. The van der Waals surface area contributed by atoms with E-state index in [1.54, 1.807) is 0 Å². The number of carbonyl (C=O) groups is 1. The van der Waals surface area contributed by atoms with Crippen LogP contribution in [-0.2, 0) is 9.84 Å². The Morgan fingerprint density at radius 3 is 2.48 bits per heavy atom. The molecule has 0 saturated heterocycles. The molecule has 0 fully saturated rings. The minimum atomic E-state index is -3.27. The van der Waals surface area contributed by atoms with Crippen molar-refractivity contribution in [2.45, 2.75) is 11.8 Å². The van der Waals surface area contributed by atoms with Crippen LogP contribution >= 0.6 is 11.3 Å². The number of anilines is 1. The summed E-state index contributed by atoms with van der Waals surface area (Å²) < 4.78 is 23.9. The predicted octanol–water partition coefficient (Wildman–Crippen LogP) is 3.26. The molecule has 0 aliphatic rings. The number of amides is 1. The van der Waals surface area contributed by atoms with Gasteiger partial charge in [0, 0.05) is 11.8 Å². The quantitative estimate of drug-likeness (QED) is 0.790. The van der Waals surface area contributed by atoms with E-state index >= 15 is 0 Å². The molecule has 1 amide bonds. The van der Waals surface area contributed by atoms with Crippen LogP contribution in [-0.4, -0.2) is 25.6 Å². The number of aryl methyl sites for hydroxylation is 1. The van der Waals surface area contributed by atoms with Gasteiger partial charge in [-0.1, -0.05) is 17.4 Å². The normalized spacial score (nSPS) is 11.6. The van der Waals surface area contributed by atoms with Crippen LogP contribution in [0.5, 0.6) is 0 Å². The molecule has 0 unspecified atom stereocenters. The third-order valence-electron chi connectivity index (χ3n) is 3.31. The number of hydrogen-bond donors (Lipinski definition) is 1. The van der Waals surface area contributed by atoms with Crippen LogP contribution < -0.4 is 5.32 Å². The number of fused-ring (bicyclic) bond motifs is 1. The summed E-state index contributed by atoms with van der Waals surface area (Å²) in [4.78, 5) is 16.8. The second kappa shape index (κ2) is 5.75. The second-order valence-electron chi connectivity index (χ2n) is 5.24. The molecular formula is C16H14N2O3S2. The van der Waals surface area contributed by atoms with E-state index in [-0.39, 0.29) is 10.8 Å². The van der Waals surface area contributed by atoms with Gasteiger partial charge in [-0.2, -0.15) is 0 Å². The van der Waals surface area contributed by atoms with Crippen molar-refractivity contribution in [3.05, 3.63) is 53.6 Å². The molecule has 23 heavy (non-hydrogen) atoms. The molecule has 0 atom stereocenters. The first-order chi connectivity index (χ1) is 10.8. The summed E-state index contributed by atoms with van der Waals surface area (Å²) in [6, 6.07) is 11.7. The van der Waals surface area contributed by atoms with Crippen LogP contribution in [0.2, 0.25) is 0 Å². The Morgan fingerprint density at radius 1 is 1.13 bits per heavy atom. The Hall–Kier alpha value is -2.25. The highest BCUT2D eigenvalue weighted by atomic mass is 32.2. The zero-order chi connectivity index (χ0) is 16.6. The number of nitrogens with one attached hydrogen (secondary N) is 1. The van der Waals surface area contributed by atoms with Gasteiger partial charge in [0.25, 0.3) is 5.91 Å². The summed E-state index contributed by atoms with van der Waals surface area (Å²) in [5.41, 5.74) is 2.35. The fourth-order valence-corrected chi connectivity index (χ4v) is 3.70. The average Bonchev–Trinajstić information content (AvgIpc) is 2.87. The zero-order valence-corrected chi connectivity index (χ0v) is 14.2. The van der Waals surface area contributed by atoms with Crippen molar-refractivity contribution in [1.29, 1.82) is 0 Å². The first kappa shape index (κ1) is 15.6. The fourth-order valence-electron chi connectivity index (χ4n) is 2.11. The van der Waals surface area contributed by atoms with Crippen LogP contribution in [0.1, 0.15) is 15.9 Å². The van der Waals surface area contributed by atoms with E-state index in [0.29, 0.717) is 10.7 Å². The Morgan fingerprint density at radius 2 is 1.83 bits per heavy atom. The number of thiazole rings is 1. The van der Waals surface area contributed by atoms with Crippen molar-refractivity contribution in [1.82, 2.24) is 4.98 Å². The monoisotopic (exact) mass is 346 g/mol. The molecule has 1 aromatic heterocycles. The number of benzene rings is 2. The number of carbonyl (C=O) groups excluding carboxylic acids is 1. The highest BCUT2D eigenvalue weighted by molar-refractivity contribution is 7.90. The molecule has 3 rings (SSSR count). The summed E-state index contributed by atoms with van der Waals surface area (Å²) in [6.45, 7) is 2.00. The molecule has 1 heterocycles. The lowest BCUT2D eigenvalue weighted by atomic mass is 10.2. The molecule has 0 aliphatic heterocycles. The van der Waals surface area contributed by atoms with Crippen molar-refractivity contribution in [3.8, 4) is 0 Å². The molecule has 2 aromatic carbocycles. The van der Waals surface area contributed by atoms with Gasteiger partial charge in [0.15, 0.2) is 15.0 Å². The number of aromatic nitrogens is 1. The smallest absolute Gasteiger partial charge is 0.257 e. The third-order valence-corrected chi connectivity index (χ3v) is 5.37. The standard InChI is InChI=1S/C16H14N2O3S2/c1-10-3-8-13-14(9-10)22-16(17-13)18-15(19)11-4-6-12(7-5-11)23(2,20)21/h3-9H,1-2H3,(H,17,18,19). The summed E-state index contributed by atoms with van der Waals surface area (Å²) >= 11 is 1.40. The molecule has 7 heteroatoms. The van der Waals surface area contributed by atoms with E-state index < -0.39 is 9.84 Å². The maximum Gasteiger partial charge on any atom is 0.257 e. The number of nitrogens with zero attached hydrogens (tertiary/aromatic N) is 1. The highest BCUT2D eigenvalue weighted by Gasteiger charge is 2.12. The van der Waals surface area contributed by atoms with Gasteiger partial charge in [-0.3, -0.25) is 10.1 Å². The number of sulfone groups is 1. The van der Waals surface area contributed by atoms with Gasteiger partial charge in [0.2, 0.25) is 0 Å². The Bertz CT molecular complexity index is 990. The van der Waals surface area contributed by atoms with E-state index in [2.05, 4.69) is 10.3 Å². The molecule has 118 valence electrons. The van der Waals surface area contributed by atoms with Crippen molar-refractivity contribution >= 4 is 42.4 Å². The van der Waals surface area contributed by atoms with Crippen molar-refractivity contribution < 1.29 is 13.2 Å².